The van der Waals surface area contributed by atoms with Crippen molar-refractivity contribution in [3.05, 3.63) is 18.1 Å². The second-order valence-electron chi connectivity index (χ2n) is 4.51. The van der Waals surface area contributed by atoms with Crippen molar-refractivity contribution in [2.75, 3.05) is 25.6 Å². The molecule has 0 radical (unpaired) electrons. The van der Waals surface area contributed by atoms with Crippen LogP contribution in [0.1, 0.15) is 23.3 Å². The van der Waals surface area contributed by atoms with Crippen LogP contribution in [0.5, 0.6) is 0 Å². The molecule has 1 atom stereocenters. The highest BCUT2D eigenvalue weighted by Gasteiger charge is 2.33. The molecule has 0 bridgehead atoms. The topological polar surface area (TPSA) is 81.3 Å². The number of likely N-dealkylation sites (N-methyl/N-ethyl adjacent to an activating group) is 1. The fraction of sp³-hybridized carbons (Fsp3) is 0.583. The first kappa shape index (κ1) is 12.8. The average molecular weight is 250 g/mol. The third kappa shape index (κ3) is 2.59. The minimum Gasteiger partial charge on any atom is -0.464 e. The molecule has 1 aromatic rings. The van der Waals surface area contributed by atoms with Crippen LogP contribution in [-0.4, -0.2) is 42.7 Å². The standard InChI is InChI=1S/C12H18N4O2/c1-16(10(5-13)8-3-4-8)11-7-14-6-9(15-11)12(17)18-2/h6-8,10H,3-5,13H2,1-2H3. The van der Waals surface area contributed by atoms with Crippen molar-refractivity contribution in [3.63, 3.8) is 0 Å². The van der Waals surface area contributed by atoms with Gasteiger partial charge in [-0.1, -0.05) is 0 Å². The zero-order valence-electron chi connectivity index (χ0n) is 10.7. The fourth-order valence-electron chi connectivity index (χ4n) is 2.05. The number of methoxy groups -OCH3 is 1. The maximum Gasteiger partial charge on any atom is 0.358 e. The molecule has 1 aliphatic rings. The van der Waals surface area contributed by atoms with Crippen molar-refractivity contribution < 1.29 is 9.53 Å². The summed E-state index contributed by atoms with van der Waals surface area (Å²) in [5, 5.41) is 0. The average Bonchev–Trinajstić information content (AvgIpc) is 3.23. The zero-order chi connectivity index (χ0) is 13.1. The summed E-state index contributed by atoms with van der Waals surface area (Å²) in [5.41, 5.74) is 6.01. The fourth-order valence-corrected chi connectivity index (χ4v) is 2.05. The number of nitrogens with two attached hydrogens (primary N) is 1. The van der Waals surface area contributed by atoms with Gasteiger partial charge in [-0.2, -0.15) is 0 Å². The molecule has 1 saturated carbocycles. The van der Waals surface area contributed by atoms with E-state index >= 15 is 0 Å². The molecule has 0 amide bonds. The van der Waals surface area contributed by atoms with Crippen molar-refractivity contribution in [1.29, 1.82) is 0 Å². The first-order valence-electron chi connectivity index (χ1n) is 6.00. The van der Waals surface area contributed by atoms with E-state index in [1.54, 1.807) is 6.20 Å². The van der Waals surface area contributed by atoms with E-state index in [0.29, 0.717) is 18.3 Å². The van der Waals surface area contributed by atoms with Crippen LogP contribution in [0.15, 0.2) is 12.4 Å². The smallest absolute Gasteiger partial charge is 0.358 e. The quantitative estimate of drug-likeness (QED) is 0.763. The Labute approximate surface area is 106 Å². The molecule has 0 aromatic carbocycles. The summed E-state index contributed by atoms with van der Waals surface area (Å²) < 4.78 is 4.63. The van der Waals surface area contributed by atoms with Gasteiger partial charge in [0.1, 0.15) is 5.82 Å². The van der Waals surface area contributed by atoms with Gasteiger partial charge < -0.3 is 15.4 Å². The zero-order valence-corrected chi connectivity index (χ0v) is 10.7. The Morgan fingerprint density at radius 1 is 1.61 bits per heavy atom. The van der Waals surface area contributed by atoms with Crippen molar-refractivity contribution in [2.24, 2.45) is 11.7 Å². The van der Waals surface area contributed by atoms with E-state index in [1.165, 1.54) is 26.1 Å². The molecule has 0 aliphatic heterocycles. The molecule has 98 valence electrons. The molecule has 1 heterocycles. The lowest BCUT2D eigenvalue weighted by Crippen LogP contribution is -2.40. The van der Waals surface area contributed by atoms with Gasteiger partial charge in [-0.3, -0.25) is 4.98 Å². The number of rotatable bonds is 5. The number of hydrogen-bond acceptors (Lipinski definition) is 6. The number of carbonyl (C=O) groups is 1. The van der Waals surface area contributed by atoms with Crippen LogP contribution in [0.4, 0.5) is 5.82 Å². The Morgan fingerprint density at radius 3 is 2.89 bits per heavy atom. The summed E-state index contributed by atoms with van der Waals surface area (Å²) in [6.45, 7) is 0.575. The number of aromatic nitrogens is 2. The molecule has 0 saturated heterocycles. The number of nitrogens with zero attached hydrogens (tertiary/aromatic N) is 3. The van der Waals surface area contributed by atoms with Crippen LogP contribution >= 0.6 is 0 Å². The Bertz CT molecular complexity index is 434. The second-order valence-corrected chi connectivity index (χ2v) is 4.51. The Hall–Kier alpha value is -1.69. The van der Waals surface area contributed by atoms with E-state index in [9.17, 15) is 4.79 Å². The van der Waals surface area contributed by atoms with Gasteiger partial charge in [0.2, 0.25) is 0 Å². The third-order valence-corrected chi connectivity index (χ3v) is 3.28. The van der Waals surface area contributed by atoms with Gasteiger partial charge in [0, 0.05) is 19.6 Å². The van der Waals surface area contributed by atoms with Gasteiger partial charge in [0.15, 0.2) is 5.69 Å². The van der Waals surface area contributed by atoms with E-state index in [2.05, 4.69) is 14.7 Å². The second kappa shape index (κ2) is 5.30. The van der Waals surface area contributed by atoms with E-state index in [1.807, 2.05) is 11.9 Å². The molecule has 6 heteroatoms. The highest BCUT2D eigenvalue weighted by Crippen LogP contribution is 2.35. The van der Waals surface area contributed by atoms with E-state index < -0.39 is 5.97 Å². The lowest BCUT2D eigenvalue weighted by molar-refractivity contribution is 0.0593. The largest absolute Gasteiger partial charge is 0.464 e. The number of hydrogen-bond donors (Lipinski definition) is 1. The normalized spacial score (nSPS) is 16.2. The van der Waals surface area contributed by atoms with E-state index in [-0.39, 0.29) is 11.7 Å². The molecular formula is C12H18N4O2. The lowest BCUT2D eigenvalue weighted by Gasteiger charge is -2.27. The van der Waals surface area contributed by atoms with E-state index in [0.717, 1.165) is 0 Å². The predicted molar refractivity (Wildman–Crippen MR) is 67.3 cm³/mol. The van der Waals surface area contributed by atoms with Gasteiger partial charge in [0.25, 0.3) is 0 Å². The number of anilines is 1. The summed E-state index contributed by atoms with van der Waals surface area (Å²) in [6, 6.07) is 0.257. The van der Waals surface area contributed by atoms with Gasteiger partial charge in [-0.15, -0.1) is 0 Å². The molecule has 1 aromatic heterocycles. The first-order chi connectivity index (χ1) is 8.67. The molecule has 2 N–H and O–H groups in total. The summed E-state index contributed by atoms with van der Waals surface area (Å²) in [6.07, 6.45) is 5.45. The molecular weight excluding hydrogens is 232 g/mol. The van der Waals surface area contributed by atoms with Crippen molar-refractivity contribution >= 4 is 11.8 Å². The highest BCUT2D eigenvalue weighted by molar-refractivity contribution is 5.87. The van der Waals surface area contributed by atoms with E-state index in [4.69, 9.17) is 5.73 Å². The molecule has 1 fully saturated rings. The first-order valence-corrected chi connectivity index (χ1v) is 6.00. The highest BCUT2D eigenvalue weighted by atomic mass is 16.5. The van der Waals surface area contributed by atoms with Gasteiger partial charge in [-0.05, 0) is 18.8 Å². The Balaban J connectivity index is 2.18. The van der Waals surface area contributed by atoms with Gasteiger partial charge >= 0.3 is 5.97 Å². The maximum atomic E-state index is 11.4. The number of carbonyl (C=O) groups excluding carboxylic acids is 1. The van der Waals surface area contributed by atoms with Crippen LogP contribution in [0.2, 0.25) is 0 Å². The van der Waals surface area contributed by atoms with Crippen LogP contribution < -0.4 is 10.6 Å². The summed E-state index contributed by atoms with van der Waals surface area (Å²) in [5.74, 6) is 0.803. The van der Waals surface area contributed by atoms with Crippen molar-refractivity contribution in [2.45, 2.75) is 18.9 Å². The molecule has 0 spiro atoms. The van der Waals surface area contributed by atoms with Crippen LogP contribution in [0, 0.1) is 5.92 Å². The number of esters is 1. The number of ether oxygens (including phenoxy) is 1. The van der Waals surface area contributed by atoms with Crippen LogP contribution in [0.25, 0.3) is 0 Å². The Kier molecular flexibility index (Phi) is 3.76. The molecule has 1 aliphatic carbocycles. The molecule has 6 nitrogen and oxygen atoms in total. The third-order valence-electron chi connectivity index (χ3n) is 3.28. The van der Waals surface area contributed by atoms with Crippen molar-refractivity contribution in [1.82, 2.24) is 9.97 Å². The SMILES string of the molecule is COC(=O)c1cncc(N(C)C(CN)C2CC2)n1. The molecule has 2 rings (SSSR count). The summed E-state index contributed by atoms with van der Waals surface area (Å²) >= 11 is 0. The van der Waals surface area contributed by atoms with Gasteiger partial charge in [-0.25, -0.2) is 9.78 Å². The molecule has 1 unspecified atom stereocenters. The van der Waals surface area contributed by atoms with Crippen LogP contribution in [0.3, 0.4) is 0 Å². The Morgan fingerprint density at radius 2 is 2.33 bits per heavy atom. The predicted octanol–water partition coefficient (Wildman–Crippen LogP) is 0.437. The minimum absolute atomic E-state index is 0.216. The van der Waals surface area contributed by atoms with Crippen molar-refractivity contribution in [3.8, 4) is 0 Å². The molecule has 18 heavy (non-hydrogen) atoms. The minimum atomic E-state index is -0.478. The van der Waals surface area contributed by atoms with Crippen LogP contribution in [-0.2, 0) is 4.74 Å². The van der Waals surface area contributed by atoms with Gasteiger partial charge in [0.05, 0.1) is 19.5 Å². The summed E-state index contributed by atoms with van der Waals surface area (Å²) in [4.78, 5) is 21.7. The monoisotopic (exact) mass is 250 g/mol. The summed E-state index contributed by atoms with van der Waals surface area (Å²) in [7, 11) is 3.26. The maximum absolute atomic E-state index is 11.4. The lowest BCUT2D eigenvalue weighted by atomic mass is 10.1.